The molecule has 2 amide bonds. The minimum absolute atomic E-state index is 0.0327. The highest BCUT2D eigenvalue weighted by Gasteiger charge is 2.35. The molecule has 2 aromatic carbocycles. The number of amides is 2. The first-order valence-corrected chi connectivity index (χ1v) is 12.0. The van der Waals surface area contributed by atoms with Crippen LogP contribution >= 0.6 is 0 Å². The van der Waals surface area contributed by atoms with Crippen LogP contribution < -0.4 is 0 Å². The van der Waals surface area contributed by atoms with Crippen molar-refractivity contribution in [2.45, 2.75) is 13.8 Å². The van der Waals surface area contributed by atoms with Gasteiger partial charge in [0.1, 0.15) is 18.2 Å². The molecule has 9 heteroatoms. The number of nitriles is 1. The summed E-state index contributed by atoms with van der Waals surface area (Å²) >= 11 is 0. The van der Waals surface area contributed by atoms with Crippen molar-refractivity contribution in [3.8, 4) is 23.0 Å². The Bertz CT molecular complexity index is 1450. The van der Waals surface area contributed by atoms with Crippen LogP contribution in [0.15, 0.2) is 83.6 Å². The van der Waals surface area contributed by atoms with Crippen molar-refractivity contribution in [1.82, 2.24) is 14.7 Å². The Balaban J connectivity index is 1.69. The van der Waals surface area contributed by atoms with Crippen molar-refractivity contribution in [2.75, 3.05) is 26.4 Å². The molecule has 2 heterocycles. The van der Waals surface area contributed by atoms with Crippen LogP contribution in [0.25, 0.3) is 23.0 Å². The van der Waals surface area contributed by atoms with Crippen LogP contribution in [0.1, 0.15) is 19.4 Å². The lowest BCUT2D eigenvalue weighted by Gasteiger charge is -2.27. The molecule has 3 aromatic rings. The summed E-state index contributed by atoms with van der Waals surface area (Å²) in [6, 6.07) is 21.1. The fourth-order valence-electron chi connectivity index (χ4n) is 4.02. The lowest BCUT2D eigenvalue weighted by Crippen LogP contribution is -2.44. The Labute approximate surface area is 220 Å². The van der Waals surface area contributed by atoms with E-state index in [0.717, 1.165) is 16.2 Å². The summed E-state index contributed by atoms with van der Waals surface area (Å²) in [7, 11) is 0. The second-order valence-electron chi connectivity index (χ2n) is 8.46. The summed E-state index contributed by atoms with van der Waals surface area (Å²) in [4.78, 5) is 38.3. The van der Waals surface area contributed by atoms with Gasteiger partial charge in [-0.2, -0.15) is 10.4 Å². The summed E-state index contributed by atoms with van der Waals surface area (Å²) in [5, 5.41) is 14.5. The van der Waals surface area contributed by atoms with Gasteiger partial charge < -0.3 is 9.47 Å². The van der Waals surface area contributed by atoms with Crippen molar-refractivity contribution in [2.24, 2.45) is 0 Å². The SMILES string of the molecule is CC(=O)OCCOCCN1C(=O)C(C#N)=C(C)/C(=C\c2cn(-c3ccccc3)nc2-c2ccccc2)C1=O. The number of ether oxygens (including phenoxy) is 2. The summed E-state index contributed by atoms with van der Waals surface area (Å²) in [6.07, 6.45) is 3.49. The third-order valence-electron chi connectivity index (χ3n) is 5.93. The second-order valence-corrected chi connectivity index (χ2v) is 8.46. The molecule has 1 aliphatic heterocycles. The molecule has 0 N–H and O–H groups in total. The largest absolute Gasteiger partial charge is 0.463 e. The van der Waals surface area contributed by atoms with Gasteiger partial charge in [-0.3, -0.25) is 19.3 Å². The van der Waals surface area contributed by atoms with Crippen LogP contribution in [-0.2, 0) is 23.9 Å². The van der Waals surface area contributed by atoms with Crippen LogP contribution in [-0.4, -0.2) is 58.8 Å². The monoisotopic (exact) mass is 510 g/mol. The maximum atomic E-state index is 13.5. The highest BCUT2D eigenvalue weighted by atomic mass is 16.6. The normalized spacial score (nSPS) is 14.7. The van der Waals surface area contributed by atoms with Gasteiger partial charge in [-0.15, -0.1) is 0 Å². The van der Waals surface area contributed by atoms with Crippen molar-refractivity contribution in [3.05, 3.63) is 89.1 Å². The van der Waals surface area contributed by atoms with E-state index >= 15 is 0 Å². The van der Waals surface area contributed by atoms with Crippen LogP contribution in [0.4, 0.5) is 0 Å². The van der Waals surface area contributed by atoms with Gasteiger partial charge in [0.2, 0.25) is 0 Å². The number of aromatic nitrogens is 2. The molecule has 0 bridgehead atoms. The Morgan fingerprint density at radius 3 is 2.34 bits per heavy atom. The van der Waals surface area contributed by atoms with Gasteiger partial charge in [0.05, 0.1) is 31.1 Å². The van der Waals surface area contributed by atoms with Crippen LogP contribution in [0.2, 0.25) is 0 Å². The zero-order valence-corrected chi connectivity index (χ0v) is 21.1. The van der Waals surface area contributed by atoms with Gasteiger partial charge in [-0.1, -0.05) is 48.5 Å². The molecular weight excluding hydrogens is 484 g/mol. The number of nitrogens with zero attached hydrogens (tertiary/aromatic N) is 4. The van der Waals surface area contributed by atoms with E-state index in [9.17, 15) is 19.6 Å². The summed E-state index contributed by atoms with van der Waals surface area (Å²) in [6.45, 7) is 3.06. The number of hydrogen-bond donors (Lipinski definition) is 0. The number of carbonyl (C=O) groups is 3. The van der Waals surface area contributed by atoms with E-state index in [4.69, 9.17) is 14.6 Å². The predicted molar refractivity (Wildman–Crippen MR) is 139 cm³/mol. The molecule has 4 rings (SSSR count). The molecule has 0 atom stereocenters. The third kappa shape index (κ3) is 5.77. The molecule has 0 radical (unpaired) electrons. The highest BCUT2D eigenvalue weighted by Crippen LogP contribution is 2.31. The Morgan fingerprint density at radius 2 is 1.68 bits per heavy atom. The first-order valence-electron chi connectivity index (χ1n) is 12.0. The lowest BCUT2D eigenvalue weighted by atomic mass is 9.93. The standard InChI is InChI=1S/C29H26N4O5/c1-20-25(28(35)32(29(36)26(20)18-30)13-14-37-15-16-38-21(2)34)17-23-19-33(24-11-7-4-8-12-24)31-27(23)22-9-5-3-6-10-22/h3-12,17,19H,13-16H2,1-2H3/b25-17+. The Hall–Kier alpha value is -4.81. The zero-order valence-electron chi connectivity index (χ0n) is 21.1. The first kappa shape index (κ1) is 26.3. The second kappa shape index (κ2) is 12.0. The van der Waals surface area contributed by atoms with Crippen LogP contribution in [0, 0.1) is 11.3 Å². The van der Waals surface area contributed by atoms with Gasteiger partial charge in [0.25, 0.3) is 11.8 Å². The van der Waals surface area contributed by atoms with E-state index in [1.54, 1.807) is 17.7 Å². The van der Waals surface area contributed by atoms with Crippen molar-refractivity contribution >= 4 is 23.9 Å². The number of rotatable bonds is 9. The number of carbonyl (C=O) groups excluding carboxylic acids is 3. The Kier molecular flexibility index (Phi) is 8.26. The fraction of sp³-hybridized carbons (Fsp3) is 0.207. The summed E-state index contributed by atoms with van der Waals surface area (Å²) in [5.41, 5.74) is 3.44. The number of benzene rings is 2. The third-order valence-corrected chi connectivity index (χ3v) is 5.93. The van der Waals surface area contributed by atoms with Gasteiger partial charge >= 0.3 is 5.97 Å². The highest BCUT2D eigenvalue weighted by molar-refractivity contribution is 6.19. The molecule has 0 saturated carbocycles. The Morgan fingerprint density at radius 1 is 1.00 bits per heavy atom. The molecule has 0 fully saturated rings. The molecule has 1 aliphatic rings. The number of esters is 1. The van der Waals surface area contributed by atoms with Gasteiger partial charge in [0.15, 0.2) is 0 Å². The molecule has 192 valence electrons. The minimum atomic E-state index is -0.668. The molecule has 9 nitrogen and oxygen atoms in total. The van der Waals surface area contributed by atoms with E-state index in [1.165, 1.54) is 6.92 Å². The van der Waals surface area contributed by atoms with Crippen molar-refractivity contribution < 1.29 is 23.9 Å². The molecule has 1 aromatic heterocycles. The molecule has 0 unspecified atom stereocenters. The number of para-hydroxylation sites is 1. The van der Waals surface area contributed by atoms with Gasteiger partial charge in [-0.05, 0) is 30.7 Å². The van der Waals surface area contributed by atoms with Crippen molar-refractivity contribution in [3.63, 3.8) is 0 Å². The summed E-state index contributed by atoms with van der Waals surface area (Å²) < 4.78 is 11.9. The van der Waals surface area contributed by atoms with Crippen LogP contribution in [0.5, 0.6) is 0 Å². The smallest absolute Gasteiger partial charge is 0.302 e. The van der Waals surface area contributed by atoms with Gasteiger partial charge in [-0.25, -0.2) is 4.68 Å². The van der Waals surface area contributed by atoms with E-state index < -0.39 is 17.8 Å². The molecule has 0 aliphatic carbocycles. The van der Waals surface area contributed by atoms with E-state index in [-0.39, 0.29) is 37.5 Å². The first-order chi connectivity index (χ1) is 18.4. The quantitative estimate of drug-likeness (QED) is 0.187. The molecule has 38 heavy (non-hydrogen) atoms. The zero-order chi connectivity index (χ0) is 27.1. The van der Waals surface area contributed by atoms with E-state index in [2.05, 4.69) is 0 Å². The van der Waals surface area contributed by atoms with Crippen molar-refractivity contribution in [1.29, 1.82) is 5.26 Å². The average Bonchev–Trinajstić information content (AvgIpc) is 3.35. The predicted octanol–water partition coefficient (Wildman–Crippen LogP) is 3.71. The van der Waals surface area contributed by atoms with E-state index in [1.807, 2.05) is 72.9 Å². The molecule has 0 saturated heterocycles. The maximum absolute atomic E-state index is 13.5. The summed E-state index contributed by atoms with van der Waals surface area (Å²) in [5.74, 6) is -1.62. The molecule has 0 spiro atoms. The maximum Gasteiger partial charge on any atom is 0.302 e. The van der Waals surface area contributed by atoms with E-state index in [0.29, 0.717) is 16.8 Å². The van der Waals surface area contributed by atoms with Gasteiger partial charge in [0, 0.05) is 29.8 Å². The molecular formula is C29H26N4O5. The minimum Gasteiger partial charge on any atom is -0.463 e. The fourth-order valence-corrected chi connectivity index (χ4v) is 4.02. The topological polar surface area (TPSA) is 115 Å². The lowest BCUT2D eigenvalue weighted by molar-refractivity contribution is -0.142. The number of imide groups is 1. The average molecular weight is 511 g/mol. The number of hydrogen-bond acceptors (Lipinski definition) is 7. The van der Waals surface area contributed by atoms with Crippen LogP contribution in [0.3, 0.4) is 0 Å².